The van der Waals surface area contributed by atoms with E-state index in [-0.39, 0.29) is 28.4 Å². The third kappa shape index (κ3) is 5.62. The van der Waals surface area contributed by atoms with Crippen molar-refractivity contribution >= 4 is 52.1 Å². The van der Waals surface area contributed by atoms with E-state index in [1.165, 1.54) is 26.2 Å². The summed E-state index contributed by atoms with van der Waals surface area (Å²) < 4.78 is 11.1. The van der Waals surface area contributed by atoms with Crippen molar-refractivity contribution in [2.24, 2.45) is 4.99 Å². The maximum atomic E-state index is 12.0. The highest BCUT2D eigenvalue weighted by Gasteiger charge is 2.23. The maximum Gasteiger partial charge on any atom is 0.286 e. The van der Waals surface area contributed by atoms with Crippen LogP contribution < -0.4 is 14.8 Å². The normalized spacial score (nSPS) is 14.4. The number of nitro benzene ring substituents is 1. The van der Waals surface area contributed by atoms with Gasteiger partial charge >= 0.3 is 0 Å². The Morgan fingerprint density at radius 3 is 2.65 bits per heavy atom. The zero-order chi connectivity index (χ0) is 22.5. The van der Waals surface area contributed by atoms with E-state index >= 15 is 0 Å². The fourth-order valence-corrected chi connectivity index (χ4v) is 3.73. The number of amides is 2. The number of methoxy groups -OCH3 is 1. The third-order valence-electron chi connectivity index (χ3n) is 3.98. The quantitative estimate of drug-likeness (QED) is 0.393. The van der Waals surface area contributed by atoms with E-state index in [1.54, 1.807) is 30.3 Å². The first-order chi connectivity index (χ1) is 14.8. The van der Waals surface area contributed by atoms with Gasteiger partial charge in [-0.15, -0.1) is 0 Å². The van der Waals surface area contributed by atoms with Gasteiger partial charge in [0.25, 0.3) is 11.6 Å². The van der Waals surface area contributed by atoms with Crippen molar-refractivity contribution in [2.45, 2.75) is 13.5 Å². The van der Waals surface area contributed by atoms with E-state index in [4.69, 9.17) is 21.1 Å². The molecule has 0 unspecified atom stereocenters. The molecule has 1 aliphatic heterocycles. The molecule has 11 heteroatoms. The summed E-state index contributed by atoms with van der Waals surface area (Å²) in [7, 11) is 1.45. The lowest BCUT2D eigenvalue weighted by molar-refractivity contribution is -0.384. The van der Waals surface area contributed by atoms with Gasteiger partial charge in [-0.1, -0.05) is 11.6 Å². The van der Waals surface area contributed by atoms with Crippen LogP contribution in [0.2, 0.25) is 5.02 Å². The zero-order valence-corrected chi connectivity index (χ0v) is 18.0. The molecule has 2 aromatic carbocycles. The molecule has 9 nitrogen and oxygen atoms in total. The maximum absolute atomic E-state index is 12.0. The topological polar surface area (TPSA) is 120 Å². The Labute approximate surface area is 186 Å². The minimum atomic E-state index is -0.477. The van der Waals surface area contributed by atoms with Gasteiger partial charge < -0.3 is 14.8 Å². The molecule has 0 aromatic heterocycles. The number of amidine groups is 1. The van der Waals surface area contributed by atoms with E-state index in [9.17, 15) is 19.7 Å². The Bertz CT molecular complexity index is 1110. The van der Waals surface area contributed by atoms with Gasteiger partial charge in [0.15, 0.2) is 16.7 Å². The van der Waals surface area contributed by atoms with Crippen molar-refractivity contribution in [3.05, 3.63) is 67.6 Å². The molecule has 160 valence electrons. The van der Waals surface area contributed by atoms with E-state index < -0.39 is 10.8 Å². The number of carbonyl (C=O) groups excluding carboxylic acids is 2. The summed E-state index contributed by atoms with van der Waals surface area (Å²) in [5.74, 6) is -0.146. The van der Waals surface area contributed by atoms with E-state index in [0.717, 1.165) is 11.8 Å². The lowest BCUT2D eigenvalue weighted by atomic mass is 10.1. The van der Waals surface area contributed by atoms with Gasteiger partial charge in [-0.2, -0.15) is 4.99 Å². The van der Waals surface area contributed by atoms with Crippen LogP contribution in [0, 0.1) is 10.1 Å². The van der Waals surface area contributed by atoms with Gasteiger partial charge in [0.2, 0.25) is 5.91 Å². The molecule has 0 aliphatic carbocycles. The number of hydrogen-bond acceptors (Lipinski definition) is 7. The molecule has 0 bridgehead atoms. The Hall–Kier alpha value is -3.37. The highest BCUT2D eigenvalue weighted by molar-refractivity contribution is 8.18. The first-order valence-corrected chi connectivity index (χ1v) is 10.00. The van der Waals surface area contributed by atoms with Gasteiger partial charge in [0.05, 0.1) is 22.0 Å². The van der Waals surface area contributed by atoms with Crippen LogP contribution in [-0.2, 0) is 16.2 Å². The fourth-order valence-electron chi connectivity index (χ4n) is 2.60. The van der Waals surface area contributed by atoms with Gasteiger partial charge in [0.1, 0.15) is 6.61 Å². The average Bonchev–Trinajstić information content (AvgIpc) is 3.04. The smallest absolute Gasteiger partial charge is 0.286 e. The number of thioether (sulfide) groups is 1. The summed E-state index contributed by atoms with van der Waals surface area (Å²) in [6.07, 6.45) is 1.58. The molecular weight excluding hydrogens is 446 g/mol. The number of hydrogen-bond donors (Lipinski definition) is 1. The Morgan fingerprint density at radius 1 is 1.32 bits per heavy atom. The second-order valence-corrected chi connectivity index (χ2v) is 7.70. The molecule has 0 radical (unpaired) electrons. The van der Waals surface area contributed by atoms with Crippen LogP contribution in [0.4, 0.5) is 5.69 Å². The van der Waals surface area contributed by atoms with Gasteiger partial charge in [0, 0.05) is 19.1 Å². The standard InChI is InChI=1S/C20H16ClN3O6S/c1-11(25)22-20-23-19(26)17(31-20)9-13-7-15(21)18(16(8-13)29-2)30-10-12-3-5-14(6-4-12)24(27)28/h3-9H,10H2,1-2H3,(H,22,23,25,26)/b17-9+. The fraction of sp³-hybridized carbons (Fsp3) is 0.150. The largest absolute Gasteiger partial charge is 0.493 e. The number of nitro groups is 1. The number of nitrogens with zero attached hydrogens (tertiary/aromatic N) is 2. The minimum absolute atomic E-state index is 0.0123. The van der Waals surface area contributed by atoms with Crippen molar-refractivity contribution in [1.29, 1.82) is 0 Å². The molecule has 0 spiro atoms. The summed E-state index contributed by atoms with van der Waals surface area (Å²) in [6.45, 7) is 1.45. The number of nitrogens with one attached hydrogen (secondary N) is 1. The molecule has 0 atom stereocenters. The molecular formula is C20H16ClN3O6S. The summed E-state index contributed by atoms with van der Waals surface area (Å²) in [5, 5.41) is 13.7. The lowest BCUT2D eigenvalue weighted by Crippen LogP contribution is -2.23. The zero-order valence-electron chi connectivity index (χ0n) is 16.4. The van der Waals surface area contributed by atoms with Gasteiger partial charge in [-0.25, -0.2) is 0 Å². The molecule has 2 aromatic rings. The van der Waals surface area contributed by atoms with Crippen LogP contribution in [0.1, 0.15) is 18.1 Å². The summed E-state index contributed by atoms with van der Waals surface area (Å²) in [5.41, 5.74) is 1.28. The number of halogens is 1. The van der Waals surface area contributed by atoms with Crippen LogP contribution in [0.3, 0.4) is 0 Å². The first kappa shape index (κ1) is 22.3. The predicted octanol–water partition coefficient (Wildman–Crippen LogP) is 3.94. The summed E-state index contributed by atoms with van der Waals surface area (Å²) in [4.78, 5) is 37.5. The Kier molecular flexibility index (Phi) is 6.93. The van der Waals surface area contributed by atoms with Crippen LogP contribution in [0.5, 0.6) is 11.5 Å². The van der Waals surface area contributed by atoms with Crippen molar-refractivity contribution in [3.63, 3.8) is 0 Å². The Balaban J connectivity index is 1.77. The van der Waals surface area contributed by atoms with Gasteiger partial charge in [-0.3, -0.25) is 19.7 Å². The highest BCUT2D eigenvalue weighted by atomic mass is 35.5. The number of benzene rings is 2. The molecule has 1 N–H and O–H groups in total. The Morgan fingerprint density at radius 2 is 2.03 bits per heavy atom. The van der Waals surface area contributed by atoms with E-state index in [0.29, 0.717) is 27.5 Å². The first-order valence-electron chi connectivity index (χ1n) is 8.80. The van der Waals surface area contributed by atoms with Crippen molar-refractivity contribution in [2.75, 3.05) is 7.11 Å². The summed E-state index contributed by atoms with van der Waals surface area (Å²) in [6, 6.07) is 9.21. The average molecular weight is 462 g/mol. The predicted molar refractivity (Wildman–Crippen MR) is 117 cm³/mol. The van der Waals surface area contributed by atoms with Crippen LogP contribution >= 0.6 is 23.4 Å². The lowest BCUT2D eigenvalue weighted by Gasteiger charge is -2.13. The SMILES string of the molecule is COc1cc(/C=C2/SC(NC(C)=O)=NC2=O)cc(Cl)c1OCc1ccc([N+](=O)[O-])cc1. The number of non-ortho nitro benzene ring substituents is 1. The number of rotatable bonds is 6. The molecule has 0 saturated carbocycles. The molecule has 0 saturated heterocycles. The molecule has 1 heterocycles. The van der Waals surface area contributed by atoms with Crippen molar-refractivity contribution in [3.8, 4) is 11.5 Å². The molecule has 2 amide bonds. The van der Waals surface area contributed by atoms with Crippen LogP contribution in [0.15, 0.2) is 46.3 Å². The second kappa shape index (κ2) is 9.63. The minimum Gasteiger partial charge on any atom is -0.493 e. The molecule has 31 heavy (non-hydrogen) atoms. The van der Waals surface area contributed by atoms with Crippen LogP contribution in [-0.4, -0.2) is 29.0 Å². The van der Waals surface area contributed by atoms with Crippen LogP contribution in [0.25, 0.3) is 6.08 Å². The van der Waals surface area contributed by atoms with E-state index in [2.05, 4.69) is 10.3 Å². The van der Waals surface area contributed by atoms with Crippen molar-refractivity contribution < 1.29 is 24.0 Å². The van der Waals surface area contributed by atoms with Gasteiger partial charge in [-0.05, 0) is 53.2 Å². The second-order valence-electron chi connectivity index (χ2n) is 6.26. The number of ether oxygens (including phenoxy) is 2. The third-order valence-corrected chi connectivity index (χ3v) is 5.16. The molecule has 0 fully saturated rings. The highest BCUT2D eigenvalue weighted by Crippen LogP contribution is 2.38. The van der Waals surface area contributed by atoms with E-state index in [1.807, 2.05) is 0 Å². The molecule has 1 aliphatic rings. The number of aliphatic imine (C=N–C) groups is 1. The summed E-state index contributed by atoms with van der Waals surface area (Å²) >= 11 is 7.41. The molecule has 3 rings (SSSR count). The van der Waals surface area contributed by atoms with Crippen molar-refractivity contribution in [1.82, 2.24) is 5.32 Å². The number of carbonyl (C=O) groups is 2. The monoisotopic (exact) mass is 461 g/mol.